The Bertz CT molecular complexity index is 532. The molecule has 104 valence electrons. The van der Waals surface area contributed by atoms with Gasteiger partial charge in [-0.25, -0.2) is 9.97 Å². The van der Waals surface area contributed by atoms with Crippen LogP contribution in [-0.2, 0) is 19.5 Å². The quantitative estimate of drug-likeness (QED) is 0.890. The molecule has 2 aromatic rings. The average Bonchev–Trinajstić information content (AvgIpc) is 2.96. The van der Waals surface area contributed by atoms with Gasteiger partial charge < -0.3 is 10.6 Å². The lowest BCUT2D eigenvalue weighted by molar-refractivity contribution is 0.847. The molecule has 0 aliphatic heterocycles. The number of thiazole rings is 2. The average molecular weight is 296 g/mol. The van der Waals surface area contributed by atoms with Crippen molar-refractivity contribution in [2.45, 2.75) is 39.8 Å². The van der Waals surface area contributed by atoms with Crippen LogP contribution in [0.4, 0.5) is 5.13 Å². The lowest BCUT2D eigenvalue weighted by atomic mass is 10.2. The van der Waals surface area contributed by atoms with E-state index in [0.29, 0.717) is 6.54 Å². The standard InChI is InChI=1S/C13H20N4S2/c1-4-5-11-12(6-14)19-13(16-11)17(3)7-10-8-18-9(2)15-10/h8H,4-7,14H2,1-3H3. The van der Waals surface area contributed by atoms with E-state index in [1.807, 2.05) is 6.92 Å². The zero-order valence-corrected chi connectivity index (χ0v) is 13.3. The number of hydrogen-bond acceptors (Lipinski definition) is 6. The molecule has 0 saturated carbocycles. The Balaban J connectivity index is 2.12. The Kier molecular flexibility index (Phi) is 4.90. The van der Waals surface area contributed by atoms with Gasteiger partial charge in [0, 0.05) is 23.8 Å². The number of nitrogens with two attached hydrogens (primary N) is 1. The fraction of sp³-hybridized carbons (Fsp3) is 0.538. The third-order valence-electron chi connectivity index (χ3n) is 2.83. The molecule has 19 heavy (non-hydrogen) atoms. The minimum Gasteiger partial charge on any atom is -0.345 e. The van der Waals surface area contributed by atoms with Gasteiger partial charge in [0.25, 0.3) is 0 Å². The van der Waals surface area contributed by atoms with Crippen molar-refractivity contribution in [1.82, 2.24) is 9.97 Å². The molecule has 6 heteroatoms. The molecule has 0 aromatic carbocycles. The summed E-state index contributed by atoms with van der Waals surface area (Å²) in [6.07, 6.45) is 2.11. The molecule has 0 saturated heterocycles. The minimum absolute atomic E-state index is 0.580. The van der Waals surface area contributed by atoms with Crippen molar-refractivity contribution in [2.24, 2.45) is 5.73 Å². The molecule has 2 rings (SSSR count). The summed E-state index contributed by atoms with van der Waals surface area (Å²) >= 11 is 3.39. The van der Waals surface area contributed by atoms with Crippen LogP contribution in [0, 0.1) is 6.92 Å². The van der Waals surface area contributed by atoms with Crippen LogP contribution in [-0.4, -0.2) is 17.0 Å². The Labute approximate surface area is 122 Å². The molecule has 0 aliphatic carbocycles. The first kappa shape index (κ1) is 14.4. The van der Waals surface area contributed by atoms with E-state index in [1.54, 1.807) is 22.7 Å². The van der Waals surface area contributed by atoms with Crippen LogP contribution < -0.4 is 10.6 Å². The van der Waals surface area contributed by atoms with Crippen molar-refractivity contribution >= 4 is 27.8 Å². The smallest absolute Gasteiger partial charge is 0.185 e. The van der Waals surface area contributed by atoms with Crippen LogP contribution in [0.1, 0.15) is 34.6 Å². The summed E-state index contributed by atoms with van der Waals surface area (Å²) in [7, 11) is 2.06. The Morgan fingerprint density at radius 2 is 2.16 bits per heavy atom. The maximum absolute atomic E-state index is 5.79. The van der Waals surface area contributed by atoms with Crippen LogP contribution >= 0.6 is 22.7 Å². The van der Waals surface area contributed by atoms with Crippen molar-refractivity contribution in [3.63, 3.8) is 0 Å². The summed E-state index contributed by atoms with van der Waals surface area (Å²) in [6, 6.07) is 0. The highest BCUT2D eigenvalue weighted by Gasteiger charge is 2.13. The molecule has 0 fully saturated rings. The summed E-state index contributed by atoms with van der Waals surface area (Å²) in [5.74, 6) is 0. The molecular formula is C13H20N4S2. The summed E-state index contributed by atoms with van der Waals surface area (Å²) in [4.78, 5) is 12.6. The summed E-state index contributed by atoms with van der Waals surface area (Å²) < 4.78 is 0. The van der Waals surface area contributed by atoms with E-state index in [2.05, 4.69) is 29.2 Å². The highest BCUT2D eigenvalue weighted by atomic mass is 32.1. The molecule has 2 heterocycles. The van der Waals surface area contributed by atoms with Gasteiger partial charge in [-0.3, -0.25) is 0 Å². The van der Waals surface area contributed by atoms with E-state index in [-0.39, 0.29) is 0 Å². The molecule has 4 nitrogen and oxygen atoms in total. The van der Waals surface area contributed by atoms with Crippen molar-refractivity contribution < 1.29 is 0 Å². The zero-order valence-electron chi connectivity index (χ0n) is 11.6. The first-order valence-corrected chi connectivity index (χ1v) is 8.14. The summed E-state index contributed by atoms with van der Waals surface area (Å²) in [5.41, 5.74) is 8.05. The van der Waals surface area contributed by atoms with Crippen LogP contribution in [0.25, 0.3) is 0 Å². The number of nitrogens with zero attached hydrogens (tertiary/aromatic N) is 3. The van der Waals surface area contributed by atoms with Crippen molar-refractivity contribution in [3.8, 4) is 0 Å². The highest BCUT2D eigenvalue weighted by molar-refractivity contribution is 7.15. The lowest BCUT2D eigenvalue weighted by Gasteiger charge is -2.13. The largest absolute Gasteiger partial charge is 0.345 e. The zero-order chi connectivity index (χ0) is 13.8. The fourth-order valence-corrected chi connectivity index (χ4v) is 3.47. The van der Waals surface area contributed by atoms with Gasteiger partial charge in [-0.05, 0) is 13.3 Å². The molecule has 0 aliphatic rings. The topological polar surface area (TPSA) is 55.0 Å². The maximum atomic E-state index is 5.79. The van der Waals surface area contributed by atoms with E-state index in [1.165, 1.54) is 4.88 Å². The Hall–Kier alpha value is -0.980. The van der Waals surface area contributed by atoms with Gasteiger partial charge in [0.2, 0.25) is 0 Å². The van der Waals surface area contributed by atoms with Crippen molar-refractivity contribution in [3.05, 3.63) is 26.7 Å². The van der Waals surface area contributed by atoms with E-state index in [4.69, 9.17) is 10.7 Å². The normalized spacial score (nSPS) is 10.9. The highest BCUT2D eigenvalue weighted by Crippen LogP contribution is 2.27. The van der Waals surface area contributed by atoms with Crippen molar-refractivity contribution in [2.75, 3.05) is 11.9 Å². The third kappa shape index (κ3) is 3.52. The van der Waals surface area contributed by atoms with E-state index < -0.39 is 0 Å². The lowest BCUT2D eigenvalue weighted by Crippen LogP contribution is -2.16. The molecule has 0 bridgehead atoms. The van der Waals surface area contributed by atoms with E-state index in [0.717, 1.165) is 40.9 Å². The molecule has 0 amide bonds. The first-order valence-electron chi connectivity index (χ1n) is 6.44. The second kappa shape index (κ2) is 6.45. The molecule has 0 spiro atoms. The first-order chi connectivity index (χ1) is 9.13. The summed E-state index contributed by atoms with van der Waals surface area (Å²) in [6.45, 7) is 5.58. The Morgan fingerprint density at radius 1 is 1.37 bits per heavy atom. The predicted molar refractivity (Wildman–Crippen MR) is 83.0 cm³/mol. The second-order valence-electron chi connectivity index (χ2n) is 4.53. The van der Waals surface area contributed by atoms with Gasteiger partial charge in [-0.2, -0.15) is 0 Å². The van der Waals surface area contributed by atoms with Gasteiger partial charge in [-0.1, -0.05) is 13.3 Å². The number of hydrogen-bond donors (Lipinski definition) is 1. The van der Waals surface area contributed by atoms with Gasteiger partial charge in [-0.15, -0.1) is 22.7 Å². The molecule has 2 N–H and O–H groups in total. The number of anilines is 1. The van der Waals surface area contributed by atoms with Crippen LogP contribution in [0.15, 0.2) is 5.38 Å². The predicted octanol–water partition coefficient (Wildman–Crippen LogP) is 2.96. The van der Waals surface area contributed by atoms with Gasteiger partial charge in [0.1, 0.15) is 0 Å². The second-order valence-corrected chi connectivity index (χ2v) is 6.66. The molecule has 0 atom stereocenters. The minimum atomic E-state index is 0.580. The maximum Gasteiger partial charge on any atom is 0.185 e. The Morgan fingerprint density at radius 3 is 2.74 bits per heavy atom. The summed E-state index contributed by atoms with van der Waals surface area (Å²) in [5, 5.41) is 4.25. The number of aryl methyl sites for hydroxylation is 2. The van der Waals surface area contributed by atoms with E-state index >= 15 is 0 Å². The molecule has 2 aromatic heterocycles. The van der Waals surface area contributed by atoms with Crippen LogP contribution in [0.2, 0.25) is 0 Å². The number of aromatic nitrogens is 2. The van der Waals surface area contributed by atoms with Gasteiger partial charge in [0.15, 0.2) is 5.13 Å². The third-order valence-corrected chi connectivity index (χ3v) is 4.89. The number of rotatable bonds is 6. The monoisotopic (exact) mass is 296 g/mol. The van der Waals surface area contributed by atoms with Gasteiger partial charge in [0.05, 0.1) is 22.9 Å². The molecule has 0 unspecified atom stereocenters. The van der Waals surface area contributed by atoms with Crippen LogP contribution in [0.5, 0.6) is 0 Å². The molecule has 0 radical (unpaired) electrons. The van der Waals surface area contributed by atoms with Crippen molar-refractivity contribution in [1.29, 1.82) is 0 Å². The van der Waals surface area contributed by atoms with Gasteiger partial charge >= 0.3 is 0 Å². The molecular weight excluding hydrogens is 276 g/mol. The van der Waals surface area contributed by atoms with E-state index in [9.17, 15) is 0 Å². The fourth-order valence-electron chi connectivity index (χ4n) is 1.92. The van der Waals surface area contributed by atoms with Crippen LogP contribution in [0.3, 0.4) is 0 Å². The SMILES string of the molecule is CCCc1nc(N(C)Cc2csc(C)n2)sc1CN.